The molecule has 1 amide bonds. The van der Waals surface area contributed by atoms with Gasteiger partial charge in [0.2, 0.25) is 5.91 Å². The van der Waals surface area contributed by atoms with Crippen LogP contribution in [0.25, 0.3) is 0 Å². The number of allylic oxidation sites excluding steroid dienone is 4. The van der Waals surface area contributed by atoms with Crippen LogP contribution in [0.5, 0.6) is 0 Å². The second kappa shape index (κ2) is 48.4. The zero-order valence-corrected chi connectivity index (χ0v) is 40.4. The summed E-state index contributed by atoms with van der Waals surface area (Å²) in [5.41, 5.74) is 0. The van der Waals surface area contributed by atoms with Crippen LogP contribution >= 0.6 is 0 Å². The molecule has 0 aliphatic rings. The van der Waals surface area contributed by atoms with E-state index in [1.165, 1.54) is 186 Å². The molecule has 0 aromatic carbocycles. The first-order valence-corrected chi connectivity index (χ1v) is 26.6. The zero-order chi connectivity index (χ0) is 43.8. The molecule has 0 aromatic rings. The minimum atomic E-state index is -0.785. The Bertz CT molecular complexity index is 950. The number of aliphatic hydroxyl groups excluding tert-OH is 2. The highest BCUT2D eigenvalue weighted by Crippen LogP contribution is 2.18. The summed E-state index contributed by atoms with van der Waals surface area (Å²) < 4.78 is 5.92. The Balaban J connectivity index is 4.41. The van der Waals surface area contributed by atoms with Crippen LogP contribution < -0.4 is 5.32 Å². The maximum atomic E-state index is 13.2. The van der Waals surface area contributed by atoms with E-state index in [1.807, 2.05) is 0 Å². The van der Waals surface area contributed by atoms with Crippen molar-refractivity contribution in [2.24, 2.45) is 0 Å². The van der Waals surface area contributed by atoms with Gasteiger partial charge in [0, 0.05) is 6.42 Å². The average molecular weight is 846 g/mol. The Morgan fingerprint density at radius 3 is 1.27 bits per heavy atom. The van der Waals surface area contributed by atoms with Crippen molar-refractivity contribution < 1.29 is 24.5 Å². The lowest BCUT2D eigenvalue weighted by atomic mass is 10.0. The molecule has 0 aliphatic carbocycles. The number of hydrogen-bond donors (Lipinski definition) is 3. The van der Waals surface area contributed by atoms with E-state index in [2.05, 4.69) is 50.4 Å². The number of nitrogens with one attached hydrogen (secondary N) is 1. The fourth-order valence-corrected chi connectivity index (χ4v) is 8.25. The van der Waals surface area contributed by atoms with Crippen molar-refractivity contribution in [3.63, 3.8) is 0 Å². The second-order valence-electron chi connectivity index (χ2n) is 18.3. The lowest BCUT2D eigenvalue weighted by molar-refractivity contribution is -0.151. The predicted molar refractivity (Wildman–Crippen MR) is 260 cm³/mol. The summed E-state index contributed by atoms with van der Waals surface area (Å²) in [5.74, 6) is -0.476. The summed E-state index contributed by atoms with van der Waals surface area (Å²) in [6.45, 7) is 6.46. The number of amides is 1. The van der Waals surface area contributed by atoms with E-state index in [0.29, 0.717) is 19.3 Å². The van der Waals surface area contributed by atoms with Crippen LogP contribution in [-0.4, -0.2) is 46.9 Å². The van der Waals surface area contributed by atoms with Crippen molar-refractivity contribution in [3.8, 4) is 0 Å². The van der Waals surface area contributed by atoms with Gasteiger partial charge in [0.25, 0.3) is 0 Å². The van der Waals surface area contributed by atoms with Gasteiger partial charge in [-0.15, -0.1) is 0 Å². The largest absolute Gasteiger partial charge is 0.462 e. The molecule has 354 valence electrons. The van der Waals surface area contributed by atoms with Gasteiger partial charge in [0.1, 0.15) is 6.10 Å². The van der Waals surface area contributed by atoms with Gasteiger partial charge < -0.3 is 20.3 Å². The topological polar surface area (TPSA) is 95.9 Å². The third kappa shape index (κ3) is 43.0. The third-order valence-corrected chi connectivity index (χ3v) is 12.3. The molecule has 0 bridgehead atoms. The highest BCUT2D eigenvalue weighted by molar-refractivity contribution is 5.77. The quantitative estimate of drug-likeness (QED) is 0.0322. The van der Waals surface area contributed by atoms with Crippen molar-refractivity contribution in [3.05, 3.63) is 24.3 Å². The molecule has 0 heterocycles. The number of aliphatic hydroxyl groups is 2. The fourth-order valence-electron chi connectivity index (χ4n) is 8.25. The van der Waals surface area contributed by atoms with Gasteiger partial charge >= 0.3 is 5.97 Å². The summed E-state index contributed by atoms with van der Waals surface area (Å²) in [6.07, 6.45) is 55.3. The number of esters is 1. The Hall–Kier alpha value is -1.66. The molecule has 6 nitrogen and oxygen atoms in total. The molecule has 0 aliphatic heterocycles. The monoisotopic (exact) mass is 846 g/mol. The Labute approximate surface area is 373 Å². The maximum Gasteiger partial charge on any atom is 0.306 e. The van der Waals surface area contributed by atoms with Crippen LogP contribution in [0.1, 0.15) is 284 Å². The van der Waals surface area contributed by atoms with E-state index in [0.717, 1.165) is 51.4 Å². The van der Waals surface area contributed by atoms with Crippen LogP contribution in [-0.2, 0) is 14.3 Å². The van der Waals surface area contributed by atoms with Crippen LogP contribution in [0.2, 0.25) is 0 Å². The average Bonchev–Trinajstić information content (AvgIpc) is 3.24. The zero-order valence-electron chi connectivity index (χ0n) is 40.4. The fraction of sp³-hybridized carbons (Fsp3) is 0.889. The normalized spacial score (nSPS) is 13.3. The van der Waals surface area contributed by atoms with Gasteiger partial charge in [-0.1, -0.05) is 244 Å². The van der Waals surface area contributed by atoms with Crippen molar-refractivity contribution >= 4 is 11.9 Å². The van der Waals surface area contributed by atoms with Crippen molar-refractivity contribution in [1.29, 1.82) is 0 Å². The van der Waals surface area contributed by atoms with E-state index >= 15 is 0 Å². The lowest BCUT2D eigenvalue weighted by Crippen LogP contribution is -2.46. The van der Waals surface area contributed by atoms with E-state index in [9.17, 15) is 19.8 Å². The highest BCUT2D eigenvalue weighted by atomic mass is 16.5. The van der Waals surface area contributed by atoms with Crippen LogP contribution in [0.4, 0.5) is 0 Å². The van der Waals surface area contributed by atoms with Crippen molar-refractivity contribution in [2.45, 2.75) is 302 Å². The van der Waals surface area contributed by atoms with Gasteiger partial charge in [0.15, 0.2) is 0 Å². The standard InChI is InChI=1S/C54H103NO5/c1-4-7-10-13-16-19-21-23-25-26-28-29-31-34-37-40-43-46-52(57)51(49-56)55-53(58)48-50(45-42-39-36-33-18-15-12-9-6-3)60-54(59)47-44-41-38-35-32-30-27-24-22-20-17-14-11-8-5-2/h17,20,22,24,50-52,56-57H,4-16,18-19,21,23,25-49H2,1-3H3,(H,55,58)/b20-17+,24-22+. The molecule has 60 heavy (non-hydrogen) atoms. The smallest absolute Gasteiger partial charge is 0.306 e. The summed E-state index contributed by atoms with van der Waals surface area (Å²) in [7, 11) is 0. The summed E-state index contributed by atoms with van der Waals surface area (Å²) in [6, 6.07) is -0.698. The Morgan fingerprint density at radius 2 is 0.833 bits per heavy atom. The SMILES string of the molecule is CCCCC/C=C/C=C/CCCCCCCCC(=O)OC(CCCCCCCCCCC)CC(=O)NC(CO)C(O)CCCCCCCCCCCCCCCCCCC. The first kappa shape index (κ1) is 58.3. The van der Waals surface area contributed by atoms with Gasteiger partial charge in [-0.25, -0.2) is 0 Å². The number of carbonyl (C=O) groups excluding carboxylic acids is 2. The molecule has 0 saturated heterocycles. The van der Waals surface area contributed by atoms with Crippen LogP contribution in [0.3, 0.4) is 0 Å². The molecule has 0 rings (SSSR count). The molecule has 0 fully saturated rings. The van der Waals surface area contributed by atoms with E-state index in [4.69, 9.17) is 4.74 Å². The number of hydrogen-bond acceptors (Lipinski definition) is 5. The van der Waals surface area contributed by atoms with E-state index < -0.39 is 18.2 Å². The van der Waals surface area contributed by atoms with Gasteiger partial charge in [-0.05, 0) is 51.4 Å². The third-order valence-electron chi connectivity index (χ3n) is 12.3. The summed E-state index contributed by atoms with van der Waals surface area (Å²) >= 11 is 0. The van der Waals surface area contributed by atoms with E-state index in [1.54, 1.807) is 0 Å². The Morgan fingerprint density at radius 1 is 0.483 bits per heavy atom. The maximum absolute atomic E-state index is 13.2. The first-order chi connectivity index (χ1) is 29.5. The van der Waals surface area contributed by atoms with Gasteiger partial charge in [-0.2, -0.15) is 0 Å². The molecular formula is C54H103NO5. The molecular weight excluding hydrogens is 743 g/mol. The van der Waals surface area contributed by atoms with Crippen LogP contribution in [0, 0.1) is 0 Å². The number of rotatable bonds is 48. The van der Waals surface area contributed by atoms with E-state index in [-0.39, 0.29) is 24.9 Å². The van der Waals surface area contributed by atoms with Gasteiger partial charge in [-0.3, -0.25) is 9.59 Å². The second-order valence-corrected chi connectivity index (χ2v) is 18.3. The van der Waals surface area contributed by atoms with Crippen molar-refractivity contribution in [1.82, 2.24) is 5.32 Å². The molecule has 3 unspecified atom stereocenters. The molecule has 3 atom stereocenters. The van der Waals surface area contributed by atoms with Crippen molar-refractivity contribution in [2.75, 3.05) is 6.61 Å². The summed E-state index contributed by atoms with van der Waals surface area (Å²) in [5, 5.41) is 23.8. The number of ether oxygens (including phenoxy) is 1. The number of carbonyl (C=O) groups is 2. The molecule has 6 heteroatoms. The highest BCUT2D eigenvalue weighted by Gasteiger charge is 2.24. The predicted octanol–water partition coefficient (Wildman–Crippen LogP) is 15.9. The van der Waals surface area contributed by atoms with Crippen LogP contribution in [0.15, 0.2) is 24.3 Å². The lowest BCUT2D eigenvalue weighted by Gasteiger charge is -2.24. The molecule has 3 N–H and O–H groups in total. The first-order valence-electron chi connectivity index (χ1n) is 26.6. The Kier molecular flexibility index (Phi) is 47.0. The molecule has 0 aromatic heterocycles. The molecule has 0 radical (unpaired) electrons. The number of unbranched alkanes of at least 4 members (excludes halogenated alkanes) is 33. The minimum Gasteiger partial charge on any atom is -0.462 e. The minimum absolute atomic E-state index is 0.0776. The van der Waals surface area contributed by atoms with Gasteiger partial charge in [0.05, 0.1) is 25.2 Å². The summed E-state index contributed by atoms with van der Waals surface area (Å²) in [4.78, 5) is 26.1. The molecule has 0 saturated carbocycles. The molecule has 0 spiro atoms.